The smallest absolute Gasteiger partial charge is 0.0577 e. The number of hydrazone groups is 1. The summed E-state index contributed by atoms with van der Waals surface area (Å²) in [6.07, 6.45) is 11.6. The monoisotopic (exact) mass is 302 g/mol. The Hall–Kier alpha value is -0.830. The van der Waals surface area contributed by atoms with Gasteiger partial charge in [-0.2, -0.15) is 5.10 Å². The molecule has 0 radical (unpaired) electrons. The van der Waals surface area contributed by atoms with Gasteiger partial charge < -0.3 is 10.9 Å². The van der Waals surface area contributed by atoms with Gasteiger partial charge in [0.05, 0.1) is 6.10 Å². The lowest BCUT2D eigenvalue weighted by atomic mass is 9.48. The summed E-state index contributed by atoms with van der Waals surface area (Å²) in [7, 11) is 0. The second-order valence-corrected chi connectivity index (χ2v) is 8.73. The van der Waals surface area contributed by atoms with E-state index in [2.05, 4.69) is 25.0 Å². The molecule has 4 aliphatic rings. The van der Waals surface area contributed by atoms with Gasteiger partial charge in [-0.05, 0) is 74.5 Å². The van der Waals surface area contributed by atoms with Crippen LogP contribution in [0, 0.1) is 28.6 Å². The molecular formula is C19H30N2O. The van der Waals surface area contributed by atoms with Crippen LogP contribution in [0.25, 0.3) is 0 Å². The third kappa shape index (κ3) is 1.81. The summed E-state index contributed by atoms with van der Waals surface area (Å²) in [5.41, 5.74) is 3.43. The molecule has 0 spiro atoms. The van der Waals surface area contributed by atoms with Gasteiger partial charge in [0.25, 0.3) is 0 Å². The number of hydrogen-bond donors (Lipinski definition) is 2. The molecule has 0 aromatic heterocycles. The van der Waals surface area contributed by atoms with E-state index in [0.717, 1.165) is 37.0 Å². The molecule has 0 aromatic rings. The third-order valence-electron chi connectivity index (χ3n) is 7.97. The number of allylic oxidation sites excluding steroid dienone is 1. The van der Waals surface area contributed by atoms with Crippen molar-refractivity contribution in [3.8, 4) is 0 Å². The van der Waals surface area contributed by atoms with Gasteiger partial charge in [0.1, 0.15) is 0 Å². The van der Waals surface area contributed by atoms with Crippen molar-refractivity contribution in [2.24, 2.45) is 39.5 Å². The molecule has 4 rings (SSSR count). The molecule has 122 valence electrons. The Labute approximate surface area is 134 Å². The number of rotatable bonds is 0. The quantitative estimate of drug-likeness (QED) is 0.408. The summed E-state index contributed by atoms with van der Waals surface area (Å²) in [6.45, 7) is 4.90. The van der Waals surface area contributed by atoms with Crippen molar-refractivity contribution < 1.29 is 5.11 Å². The number of nitrogens with two attached hydrogens (primary N) is 1. The van der Waals surface area contributed by atoms with E-state index < -0.39 is 0 Å². The molecule has 0 aromatic carbocycles. The van der Waals surface area contributed by atoms with Crippen LogP contribution in [-0.4, -0.2) is 16.9 Å². The number of aliphatic hydroxyl groups excluding tert-OH is 1. The zero-order chi connectivity index (χ0) is 15.5. The van der Waals surface area contributed by atoms with Crippen LogP contribution in [0.4, 0.5) is 0 Å². The maximum absolute atomic E-state index is 10.0. The fourth-order valence-corrected chi connectivity index (χ4v) is 6.64. The van der Waals surface area contributed by atoms with Crippen molar-refractivity contribution >= 4 is 5.71 Å². The molecule has 0 saturated heterocycles. The Morgan fingerprint density at radius 2 is 1.86 bits per heavy atom. The molecule has 4 aliphatic carbocycles. The lowest BCUT2D eigenvalue weighted by molar-refractivity contribution is -0.0209. The molecule has 3 fully saturated rings. The standard InChI is InChI=1S/C19H30N2O/c1-18-9-7-13(22)11-12(18)3-4-14-15-5-6-17(21-20)19(15,2)10-8-16(14)18/h3,13-16,22H,4-11,20H2,1-2H3/b21-17-/t13-,14+,15+,16+,18-,19-/m0/s1. The Morgan fingerprint density at radius 3 is 2.64 bits per heavy atom. The number of nitrogens with zero attached hydrogens (tertiary/aromatic N) is 1. The Bertz CT molecular complexity index is 540. The van der Waals surface area contributed by atoms with Crippen LogP contribution in [-0.2, 0) is 0 Å². The SMILES string of the molecule is C[C@]12CC[C@H](O)CC1=CC[C@H]1[C@H]2CC[C@]2(C)/C(=N\N)CC[C@H]12. The summed E-state index contributed by atoms with van der Waals surface area (Å²) in [4.78, 5) is 0. The molecule has 0 heterocycles. The van der Waals surface area contributed by atoms with Gasteiger partial charge in [-0.15, -0.1) is 0 Å². The molecule has 0 amide bonds. The minimum Gasteiger partial charge on any atom is -0.393 e. The van der Waals surface area contributed by atoms with Crippen LogP contribution in [0.1, 0.15) is 65.2 Å². The zero-order valence-corrected chi connectivity index (χ0v) is 14.0. The average molecular weight is 302 g/mol. The highest BCUT2D eigenvalue weighted by Crippen LogP contribution is 2.64. The molecule has 0 unspecified atom stereocenters. The molecule has 3 nitrogen and oxygen atoms in total. The first kappa shape index (κ1) is 14.7. The van der Waals surface area contributed by atoms with E-state index in [1.165, 1.54) is 37.8 Å². The predicted molar refractivity (Wildman–Crippen MR) is 89.3 cm³/mol. The summed E-state index contributed by atoms with van der Waals surface area (Å²) in [5.74, 6) is 8.04. The molecule has 3 saturated carbocycles. The first-order chi connectivity index (χ1) is 10.5. The second kappa shape index (κ2) is 4.83. The summed E-state index contributed by atoms with van der Waals surface area (Å²) >= 11 is 0. The van der Waals surface area contributed by atoms with Gasteiger partial charge >= 0.3 is 0 Å². The maximum atomic E-state index is 10.0. The lowest BCUT2D eigenvalue weighted by Crippen LogP contribution is -2.50. The normalized spacial score (nSPS) is 52.7. The van der Waals surface area contributed by atoms with E-state index in [-0.39, 0.29) is 11.5 Å². The van der Waals surface area contributed by atoms with Gasteiger partial charge in [-0.3, -0.25) is 0 Å². The zero-order valence-electron chi connectivity index (χ0n) is 14.0. The van der Waals surface area contributed by atoms with Crippen LogP contribution in [0.5, 0.6) is 0 Å². The summed E-state index contributed by atoms with van der Waals surface area (Å²) in [5, 5.41) is 14.2. The Morgan fingerprint density at radius 1 is 1.14 bits per heavy atom. The van der Waals surface area contributed by atoms with Gasteiger partial charge in [-0.1, -0.05) is 25.5 Å². The Kier molecular flexibility index (Phi) is 3.24. The van der Waals surface area contributed by atoms with Crippen molar-refractivity contribution in [2.75, 3.05) is 0 Å². The van der Waals surface area contributed by atoms with Gasteiger partial charge in [0, 0.05) is 11.1 Å². The average Bonchev–Trinajstić information content (AvgIpc) is 2.84. The van der Waals surface area contributed by atoms with E-state index in [9.17, 15) is 5.11 Å². The third-order valence-corrected chi connectivity index (χ3v) is 7.97. The van der Waals surface area contributed by atoms with Crippen molar-refractivity contribution in [3.05, 3.63) is 11.6 Å². The van der Waals surface area contributed by atoms with E-state index in [0.29, 0.717) is 5.41 Å². The van der Waals surface area contributed by atoms with Gasteiger partial charge in [0.2, 0.25) is 0 Å². The molecule has 0 bridgehead atoms. The van der Waals surface area contributed by atoms with Gasteiger partial charge in [0.15, 0.2) is 0 Å². The number of fused-ring (bicyclic) bond motifs is 5. The van der Waals surface area contributed by atoms with E-state index in [4.69, 9.17) is 5.84 Å². The van der Waals surface area contributed by atoms with Crippen molar-refractivity contribution in [1.29, 1.82) is 0 Å². The van der Waals surface area contributed by atoms with Crippen molar-refractivity contribution in [1.82, 2.24) is 0 Å². The van der Waals surface area contributed by atoms with Crippen LogP contribution in [0.2, 0.25) is 0 Å². The minimum atomic E-state index is -0.104. The second-order valence-electron chi connectivity index (χ2n) is 8.73. The van der Waals surface area contributed by atoms with Crippen LogP contribution in [0.15, 0.2) is 16.8 Å². The highest BCUT2D eigenvalue weighted by atomic mass is 16.3. The first-order valence-electron chi connectivity index (χ1n) is 9.14. The number of hydrogen-bond acceptors (Lipinski definition) is 3. The predicted octanol–water partition coefficient (Wildman–Crippen LogP) is 3.62. The van der Waals surface area contributed by atoms with E-state index in [1.54, 1.807) is 5.57 Å². The highest BCUT2D eigenvalue weighted by molar-refractivity contribution is 5.92. The fraction of sp³-hybridized carbons (Fsp3) is 0.842. The molecule has 3 heteroatoms. The van der Waals surface area contributed by atoms with Crippen LogP contribution < -0.4 is 5.84 Å². The minimum absolute atomic E-state index is 0.104. The summed E-state index contributed by atoms with van der Waals surface area (Å²) in [6, 6.07) is 0. The number of aliphatic hydroxyl groups is 1. The van der Waals surface area contributed by atoms with Crippen LogP contribution in [0.3, 0.4) is 0 Å². The molecular weight excluding hydrogens is 272 g/mol. The molecule has 22 heavy (non-hydrogen) atoms. The summed E-state index contributed by atoms with van der Waals surface area (Å²) < 4.78 is 0. The first-order valence-corrected chi connectivity index (χ1v) is 9.14. The lowest BCUT2D eigenvalue weighted by Gasteiger charge is -2.57. The molecule has 3 N–H and O–H groups in total. The molecule has 0 aliphatic heterocycles. The van der Waals surface area contributed by atoms with Gasteiger partial charge in [-0.25, -0.2) is 0 Å². The molecule has 6 atom stereocenters. The highest BCUT2D eigenvalue weighted by Gasteiger charge is 2.57. The van der Waals surface area contributed by atoms with E-state index >= 15 is 0 Å². The largest absolute Gasteiger partial charge is 0.393 e. The van der Waals surface area contributed by atoms with Crippen LogP contribution >= 0.6 is 0 Å². The topological polar surface area (TPSA) is 58.6 Å². The van der Waals surface area contributed by atoms with E-state index in [1.807, 2.05) is 0 Å². The maximum Gasteiger partial charge on any atom is 0.0577 e. The van der Waals surface area contributed by atoms with Crippen molar-refractivity contribution in [3.63, 3.8) is 0 Å². The van der Waals surface area contributed by atoms with Crippen molar-refractivity contribution in [2.45, 2.75) is 71.3 Å². The fourth-order valence-electron chi connectivity index (χ4n) is 6.64. The Balaban J connectivity index is 1.69.